The molecule has 2 heterocycles. The first-order valence-electron chi connectivity index (χ1n) is 5.85. The molecule has 5 nitrogen and oxygen atoms in total. The largest absolute Gasteiger partial charge is 0.467 e. The third-order valence-corrected chi connectivity index (χ3v) is 2.82. The molecule has 0 spiro atoms. The molecule has 2 N–H and O–H groups in total. The van der Waals surface area contributed by atoms with Crippen LogP contribution in [0.4, 0.5) is 0 Å². The second kappa shape index (κ2) is 5.52. The predicted molar refractivity (Wildman–Crippen MR) is 61.0 cm³/mol. The molecule has 92 valence electrons. The Morgan fingerprint density at radius 3 is 3.18 bits per heavy atom. The number of furan rings is 1. The van der Waals surface area contributed by atoms with Gasteiger partial charge in [-0.15, -0.1) is 0 Å². The van der Waals surface area contributed by atoms with E-state index in [0.717, 1.165) is 12.8 Å². The lowest BCUT2D eigenvalue weighted by atomic mass is 10.1. The van der Waals surface area contributed by atoms with E-state index in [4.69, 9.17) is 4.42 Å². The summed E-state index contributed by atoms with van der Waals surface area (Å²) in [6.07, 6.45) is 4.54. The fourth-order valence-electron chi connectivity index (χ4n) is 1.88. The Balaban J connectivity index is 1.84. The standard InChI is InChI=1S/C12H16N2O3/c15-11-6-2-1-5-10(14-11)12(16)13-8-9-4-3-7-17-9/h3-4,7,10H,1-2,5-6,8H2,(H,13,16)(H,14,15). The van der Waals surface area contributed by atoms with E-state index >= 15 is 0 Å². The summed E-state index contributed by atoms with van der Waals surface area (Å²) < 4.78 is 5.11. The molecule has 1 aromatic heterocycles. The maximum Gasteiger partial charge on any atom is 0.242 e. The van der Waals surface area contributed by atoms with Crippen LogP contribution in [-0.2, 0) is 16.1 Å². The van der Waals surface area contributed by atoms with Crippen LogP contribution in [0.5, 0.6) is 0 Å². The molecule has 5 heteroatoms. The topological polar surface area (TPSA) is 71.3 Å². The SMILES string of the molecule is O=C1CCCCC(C(=O)NCc2ccco2)N1. The van der Waals surface area contributed by atoms with Crippen molar-refractivity contribution < 1.29 is 14.0 Å². The lowest BCUT2D eigenvalue weighted by Gasteiger charge is -2.14. The lowest BCUT2D eigenvalue weighted by molar-refractivity contribution is -0.128. The van der Waals surface area contributed by atoms with Gasteiger partial charge in [-0.3, -0.25) is 9.59 Å². The molecule has 0 bridgehead atoms. The van der Waals surface area contributed by atoms with E-state index < -0.39 is 6.04 Å². The van der Waals surface area contributed by atoms with Gasteiger partial charge in [-0.1, -0.05) is 6.42 Å². The molecular formula is C12H16N2O3. The summed E-state index contributed by atoms with van der Waals surface area (Å²) in [5.74, 6) is 0.524. The highest BCUT2D eigenvalue weighted by Crippen LogP contribution is 2.09. The number of carbonyl (C=O) groups is 2. The van der Waals surface area contributed by atoms with Crippen LogP contribution in [0.2, 0.25) is 0 Å². The molecule has 17 heavy (non-hydrogen) atoms. The molecule has 0 saturated carbocycles. The molecule has 0 radical (unpaired) electrons. The smallest absolute Gasteiger partial charge is 0.242 e. The maximum absolute atomic E-state index is 11.8. The minimum atomic E-state index is -0.403. The zero-order valence-electron chi connectivity index (χ0n) is 9.57. The van der Waals surface area contributed by atoms with Crippen molar-refractivity contribution in [2.24, 2.45) is 0 Å². The number of amides is 2. The maximum atomic E-state index is 11.8. The Morgan fingerprint density at radius 1 is 1.53 bits per heavy atom. The first-order chi connectivity index (χ1) is 8.25. The number of hydrogen-bond donors (Lipinski definition) is 2. The summed E-state index contributed by atoms with van der Waals surface area (Å²) in [6.45, 7) is 0.359. The highest BCUT2D eigenvalue weighted by molar-refractivity contribution is 5.87. The van der Waals surface area contributed by atoms with Crippen molar-refractivity contribution >= 4 is 11.8 Å². The van der Waals surface area contributed by atoms with Crippen LogP contribution in [0, 0.1) is 0 Å². The molecule has 1 saturated heterocycles. The number of rotatable bonds is 3. The van der Waals surface area contributed by atoms with E-state index in [1.807, 2.05) is 0 Å². The average Bonchev–Trinajstić information content (AvgIpc) is 2.74. The van der Waals surface area contributed by atoms with Crippen molar-refractivity contribution in [1.29, 1.82) is 0 Å². The average molecular weight is 236 g/mol. The molecule has 1 fully saturated rings. The zero-order valence-corrected chi connectivity index (χ0v) is 9.57. The summed E-state index contributed by atoms with van der Waals surface area (Å²) in [5.41, 5.74) is 0. The van der Waals surface area contributed by atoms with Crippen LogP contribution in [0.15, 0.2) is 22.8 Å². The molecule has 0 aliphatic carbocycles. The summed E-state index contributed by atoms with van der Waals surface area (Å²) in [6, 6.07) is 3.17. The van der Waals surface area contributed by atoms with E-state index in [0.29, 0.717) is 25.1 Å². The van der Waals surface area contributed by atoms with Gasteiger partial charge in [-0.05, 0) is 25.0 Å². The first kappa shape index (κ1) is 11.7. The van der Waals surface area contributed by atoms with E-state index in [9.17, 15) is 9.59 Å². The normalized spacial score (nSPS) is 20.5. The van der Waals surface area contributed by atoms with Gasteiger partial charge in [-0.25, -0.2) is 0 Å². The molecule has 2 rings (SSSR count). The minimum absolute atomic E-state index is 0.0411. The van der Waals surface area contributed by atoms with Crippen LogP contribution in [0.3, 0.4) is 0 Å². The van der Waals surface area contributed by atoms with Crippen LogP contribution < -0.4 is 10.6 Å². The van der Waals surface area contributed by atoms with Crippen LogP contribution in [0.25, 0.3) is 0 Å². The Bertz CT molecular complexity index is 386. The number of carbonyl (C=O) groups excluding carboxylic acids is 2. The highest BCUT2D eigenvalue weighted by atomic mass is 16.3. The van der Waals surface area contributed by atoms with E-state index in [1.165, 1.54) is 0 Å². The molecule has 2 amide bonds. The van der Waals surface area contributed by atoms with Crippen molar-refractivity contribution in [1.82, 2.24) is 10.6 Å². The Labute approximate surface area is 99.6 Å². The van der Waals surface area contributed by atoms with Crippen molar-refractivity contribution in [3.63, 3.8) is 0 Å². The summed E-state index contributed by atoms with van der Waals surface area (Å²) in [4.78, 5) is 23.1. The summed E-state index contributed by atoms with van der Waals surface area (Å²) >= 11 is 0. The molecule has 1 aliphatic heterocycles. The Kier molecular flexibility index (Phi) is 3.80. The fraction of sp³-hybridized carbons (Fsp3) is 0.500. The molecule has 1 atom stereocenters. The van der Waals surface area contributed by atoms with Crippen LogP contribution in [0.1, 0.15) is 31.4 Å². The predicted octanol–water partition coefficient (Wildman–Crippen LogP) is 0.955. The van der Waals surface area contributed by atoms with Gasteiger partial charge in [0, 0.05) is 6.42 Å². The van der Waals surface area contributed by atoms with E-state index in [-0.39, 0.29) is 11.8 Å². The van der Waals surface area contributed by atoms with Gasteiger partial charge in [0.15, 0.2) is 0 Å². The first-order valence-corrected chi connectivity index (χ1v) is 5.85. The monoisotopic (exact) mass is 236 g/mol. The lowest BCUT2D eigenvalue weighted by Crippen LogP contribution is -2.45. The van der Waals surface area contributed by atoms with E-state index in [2.05, 4.69) is 10.6 Å². The van der Waals surface area contributed by atoms with Crippen molar-refractivity contribution in [2.75, 3.05) is 0 Å². The Hall–Kier alpha value is -1.78. The fourth-order valence-corrected chi connectivity index (χ4v) is 1.88. The third-order valence-electron chi connectivity index (χ3n) is 2.82. The van der Waals surface area contributed by atoms with Crippen LogP contribution in [-0.4, -0.2) is 17.9 Å². The molecule has 1 aliphatic rings. The molecular weight excluding hydrogens is 220 g/mol. The highest BCUT2D eigenvalue weighted by Gasteiger charge is 2.22. The van der Waals surface area contributed by atoms with Gasteiger partial charge < -0.3 is 15.1 Å². The second-order valence-electron chi connectivity index (χ2n) is 4.16. The number of nitrogens with one attached hydrogen (secondary N) is 2. The summed E-state index contributed by atoms with van der Waals surface area (Å²) in [7, 11) is 0. The molecule has 1 unspecified atom stereocenters. The van der Waals surface area contributed by atoms with Crippen LogP contribution >= 0.6 is 0 Å². The van der Waals surface area contributed by atoms with Gasteiger partial charge in [0.2, 0.25) is 11.8 Å². The Morgan fingerprint density at radius 2 is 2.41 bits per heavy atom. The van der Waals surface area contributed by atoms with Gasteiger partial charge in [0.05, 0.1) is 12.8 Å². The number of hydrogen-bond acceptors (Lipinski definition) is 3. The molecule has 0 aromatic carbocycles. The van der Waals surface area contributed by atoms with Gasteiger partial charge in [0.25, 0.3) is 0 Å². The van der Waals surface area contributed by atoms with Gasteiger partial charge in [0.1, 0.15) is 11.8 Å². The summed E-state index contributed by atoms with van der Waals surface area (Å²) in [5, 5.41) is 5.48. The minimum Gasteiger partial charge on any atom is -0.467 e. The van der Waals surface area contributed by atoms with Crippen molar-refractivity contribution in [2.45, 2.75) is 38.3 Å². The van der Waals surface area contributed by atoms with Gasteiger partial charge >= 0.3 is 0 Å². The van der Waals surface area contributed by atoms with Crippen molar-refractivity contribution in [3.05, 3.63) is 24.2 Å². The second-order valence-corrected chi connectivity index (χ2v) is 4.16. The third kappa shape index (κ3) is 3.34. The zero-order chi connectivity index (χ0) is 12.1. The van der Waals surface area contributed by atoms with Gasteiger partial charge in [-0.2, -0.15) is 0 Å². The quantitative estimate of drug-likeness (QED) is 0.821. The molecule has 1 aromatic rings. The van der Waals surface area contributed by atoms with Crippen molar-refractivity contribution in [3.8, 4) is 0 Å². The van der Waals surface area contributed by atoms with E-state index in [1.54, 1.807) is 18.4 Å².